The Morgan fingerprint density at radius 3 is 2.38 bits per heavy atom. The zero-order valence-electron chi connectivity index (χ0n) is 13.5. The van der Waals surface area contributed by atoms with Crippen LogP contribution >= 0.6 is 0 Å². The molecule has 0 spiro atoms. The first-order chi connectivity index (χ1) is 11.5. The van der Waals surface area contributed by atoms with Crippen LogP contribution < -0.4 is 15.4 Å². The van der Waals surface area contributed by atoms with Crippen molar-refractivity contribution in [2.75, 3.05) is 0 Å². The maximum absolute atomic E-state index is 13.7. The standard InChI is InChI=1S/C18H19FN2O3/c1-12(21-13(2)22)18(23)20-11-14-7-3-5-9-16(14)24-17-10-6-4-8-15(17)19/h3-10,12H,11H2,1-2H3,(H,20,23)(H,21,22)/t12-/m0/s1. The van der Waals surface area contributed by atoms with Crippen LogP contribution in [0, 0.1) is 5.82 Å². The molecule has 0 radical (unpaired) electrons. The smallest absolute Gasteiger partial charge is 0.242 e. The first-order valence-electron chi connectivity index (χ1n) is 7.52. The van der Waals surface area contributed by atoms with Crippen molar-refractivity contribution in [3.63, 3.8) is 0 Å². The van der Waals surface area contributed by atoms with Gasteiger partial charge in [-0.05, 0) is 25.1 Å². The number of para-hydroxylation sites is 2. The van der Waals surface area contributed by atoms with Crippen LogP contribution in [0.15, 0.2) is 48.5 Å². The highest BCUT2D eigenvalue weighted by atomic mass is 19.1. The van der Waals surface area contributed by atoms with Crippen LogP contribution in [-0.4, -0.2) is 17.9 Å². The van der Waals surface area contributed by atoms with Crippen LogP contribution in [0.3, 0.4) is 0 Å². The Morgan fingerprint density at radius 1 is 1.08 bits per heavy atom. The second kappa shape index (κ2) is 8.10. The van der Waals surface area contributed by atoms with E-state index >= 15 is 0 Å². The summed E-state index contributed by atoms with van der Waals surface area (Å²) in [7, 11) is 0. The van der Waals surface area contributed by atoms with Crippen LogP contribution in [0.4, 0.5) is 4.39 Å². The number of benzene rings is 2. The normalized spacial score (nSPS) is 11.5. The van der Waals surface area contributed by atoms with Gasteiger partial charge in [-0.3, -0.25) is 9.59 Å². The number of carbonyl (C=O) groups excluding carboxylic acids is 2. The molecule has 0 aromatic heterocycles. The van der Waals surface area contributed by atoms with Gasteiger partial charge in [-0.25, -0.2) is 4.39 Å². The third-order valence-corrected chi connectivity index (χ3v) is 3.30. The highest BCUT2D eigenvalue weighted by molar-refractivity contribution is 5.86. The van der Waals surface area contributed by atoms with E-state index in [0.717, 1.165) is 0 Å². The summed E-state index contributed by atoms with van der Waals surface area (Å²) in [6.07, 6.45) is 0. The number of ether oxygens (including phenoxy) is 1. The van der Waals surface area contributed by atoms with Crippen molar-refractivity contribution < 1.29 is 18.7 Å². The minimum Gasteiger partial charge on any atom is -0.454 e. The molecule has 0 fully saturated rings. The van der Waals surface area contributed by atoms with E-state index in [-0.39, 0.29) is 24.1 Å². The van der Waals surface area contributed by atoms with Gasteiger partial charge in [0.25, 0.3) is 0 Å². The summed E-state index contributed by atoms with van der Waals surface area (Å²) in [6.45, 7) is 3.15. The van der Waals surface area contributed by atoms with Crippen molar-refractivity contribution >= 4 is 11.8 Å². The van der Waals surface area contributed by atoms with Crippen molar-refractivity contribution in [2.45, 2.75) is 26.4 Å². The van der Waals surface area contributed by atoms with Gasteiger partial charge in [-0.15, -0.1) is 0 Å². The fourth-order valence-electron chi connectivity index (χ4n) is 2.10. The van der Waals surface area contributed by atoms with Gasteiger partial charge in [0, 0.05) is 19.0 Å². The Hall–Kier alpha value is -2.89. The molecule has 5 nitrogen and oxygen atoms in total. The van der Waals surface area contributed by atoms with E-state index in [4.69, 9.17) is 4.74 Å². The Kier molecular flexibility index (Phi) is 5.89. The minimum absolute atomic E-state index is 0.114. The van der Waals surface area contributed by atoms with Crippen LogP contribution in [0.5, 0.6) is 11.5 Å². The predicted octanol–water partition coefficient (Wildman–Crippen LogP) is 2.76. The number of carbonyl (C=O) groups is 2. The largest absolute Gasteiger partial charge is 0.454 e. The summed E-state index contributed by atoms with van der Waals surface area (Å²) in [6, 6.07) is 12.5. The van der Waals surface area contributed by atoms with E-state index < -0.39 is 11.9 Å². The van der Waals surface area contributed by atoms with Crippen molar-refractivity contribution in [3.8, 4) is 11.5 Å². The van der Waals surface area contributed by atoms with Gasteiger partial charge in [-0.2, -0.15) is 0 Å². The number of hydrogen-bond acceptors (Lipinski definition) is 3. The Bertz CT molecular complexity index is 734. The second-order valence-electron chi connectivity index (χ2n) is 5.28. The Balaban J connectivity index is 2.05. The molecule has 2 amide bonds. The average molecular weight is 330 g/mol. The van der Waals surface area contributed by atoms with Gasteiger partial charge < -0.3 is 15.4 Å². The molecule has 0 aliphatic heterocycles. The van der Waals surface area contributed by atoms with Gasteiger partial charge in [0.15, 0.2) is 11.6 Å². The molecule has 2 rings (SSSR count). The van der Waals surface area contributed by atoms with Gasteiger partial charge in [0.1, 0.15) is 11.8 Å². The van der Waals surface area contributed by atoms with E-state index in [1.807, 2.05) is 0 Å². The fourth-order valence-corrected chi connectivity index (χ4v) is 2.10. The van der Waals surface area contributed by atoms with Gasteiger partial charge in [0.2, 0.25) is 11.8 Å². The third-order valence-electron chi connectivity index (χ3n) is 3.30. The molecule has 24 heavy (non-hydrogen) atoms. The Morgan fingerprint density at radius 2 is 1.71 bits per heavy atom. The fraction of sp³-hybridized carbons (Fsp3) is 0.222. The minimum atomic E-state index is -0.637. The van der Waals surface area contributed by atoms with Gasteiger partial charge >= 0.3 is 0 Å². The summed E-state index contributed by atoms with van der Waals surface area (Å²) in [5, 5.41) is 5.23. The van der Waals surface area contributed by atoms with E-state index in [2.05, 4.69) is 10.6 Å². The maximum Gasteiger partial charge on any atom is 0.242 e. The lowest BCUT2D eigenvalue weighted by Crippen LogP contribution is -2.43. The molecular weight excluding hydrogens is 311 g/mol. The maximum atomic E-state index is 13.7. The molecule has 0 aliphatic carbocycles. The molecule has 0 saturated heterocycles. The molecule has 1 atom stereocenters. The predicted molar refractivity (Wildman–Crippen MR) is 88.0 cm³/mol. The molecule has 0 saturated carbocycles. The number of rotatable bonds is 6. The van der Waals surface area contributed by atoms with Crippen LogP contribution in [0.1, 0.15) is 19.4 Å². The highest BCUT2D eigenvalue weighted by Crippen LogP contribution is 2.27. The average Bonchev–Trinajstić information content (AvgIpc) is 2.55. The molecule has 0 bridgehead atoms. The SMILES string of the molecule is CC(=O)N[C@@H](C)C(=O)NCc1ccccc1Oc1ccccc1F. The Labute approximate surface area is 139 Å². The van der Waals surface area contributed by atoms with Crippen LogP contribution in [-0.2, 0) is 16.1 Å². The topological polar surface area (TPSA) is 67.4 Å². The van der Waals surface area contributed by atoms with E-state index in [9.17, 15) is 14.0 Å². The zero-order valence-corrected chi connectivity index (χ0v) is 13.5. The van der Waals surface area contributed by atoms with Crippen molar-refractivity contribution in [3.05, 3.63) is 59.9 Å². The molecule has 126 valence electrons. The first-order valence-corrected chi connectivity index (χ1v) is 7.52. The summed E-state index contributed by atoms with van der Waals surface area (Å²) in [4.78, 5) is 22.9. The van der Waals surface area contributed by atoms with Gasteiger partial charge in [0.05, 0.1) is 0 Å². The lowest BCUT2D eigenvalue weighted by Gasteiger charge is -2.15. The van der Waals surface area contributed by atoms with Crippen molar-refractivity contribution in [1.29, 1.82) is 0 Å². The molecule has 0 aliphatic rings. The first kappa shape index (κ1) is 17.5. The lowest BCUT2D eigenvalue weighted by molar-refractivity contribution is -0.127. The molecule has 0 heterocycles. The monoisotopic (exact) mass is 330 g/mol. The van der Waals surface area contributed by atoms with Gasteiger partial charge in [-0.1, -0.05) is 30.3 Å². The summed E-state index contributed by atoms with van der Waals surface area (Å²) in [5.41, 5.74) is 0.698. The van der Waals surface area contributed by atoms with Crippen LogP contribution in [0.2, 0.25) is 0 Å². The summed E-state index contributed by atoms with van der Waals surface area (Å²) >= 11 is 0. The van der Waals surface area contributed by atoms with E-state index in [0.29, 0.717) is 11.3 Å². The second-order valence-corrected chi connectivity index (χ2v) is 5.28. The summed E-state index contributed by atoms with van der Waals surface area (Å²) < 4.78 is 19.3. The number of nitrogens with one attached hydrogen (secondary N) is 2. The third kappa shape index (κ3) is 4.81. The quantitative estimate of drug-likeness (QED) is 0.856. The van der Waals surface area contributed by atoms with E-state index in [1.54, 1.807) is 43.3 Å². The molecule has 2 aromatic rings. The van der Waals surface area contributed by atoms with Crippen molar-refractivity contribution in [2.24, 2.45) is 0 Å². The lowest BCUT2D eigenvalue weighted by atomic mass is 10.2. The molecule has 2 aromatic carbocycles. The zero-order chi connectivity index (χ0) is 17.5. The molecular formula is C18H19FN2O3. The van der Waals surface area contributed by atoms with Crippen LogP contribution in [0.25, 0.3) is 0 Å². The molecule has 2 N–H and O–H groups in total. The highest BCUT2D eigenvalue weighted by Gasteiger charge is 2.14. The summed E-state index contributed by atoms with van der Waals surface area (Å²) in [5.74, 6) is -0.486. The number of halogens is 1. The molecule has 6 heteroatoms. The van der Waals surface area contributed by atoms with E-state index in [1.165, 1.54) is 19.1 Å². The van der Waals surface area contributed by atoms with Crippen molar-refractivity contribution in [1.82, 2.24) is 10.6 Å². The number of amides is 2. The number of hydrogen-bond donors (Lipinski definition) is 2. The molecule has 0 unspecified atom stereocenters.